The first-order valence-electron chi connectivity index (χ1n) is 9.74. The second-order valence-corrected chi connectivity index (χ2v) is 8.76. The first-order valence-corrected chi connectivity index (χ1v) is 10.6. The van der Waals surface area contributed by atoms with Crippen molar-refractivity contribution < 1.29 is 9.59 Å². The fourth-order valence-corrected chi connectivity index (χ4v) is 5.32. The van der Waals surface area contributed by atoms with Crippen LogP contribution in [-0.4, -0.2) is 46.2 Å². The Balaban J connectivity index is 1.47. The van der Waals surface area contributed by atoms with E-state index >= 15 is 0 Å². The number of carbonyl (C=O) groups excluding carboxylic acids is 2. The standard InChI is InChI=1S/C21H26N4O2S/c1-13-5-3-4-6-17(13)20-18-11-24(9-15(18)10-25(20)14(2)26)19(27)8-7-16-12-28-21(22)23-16/h3-6,12,15,18,20H,7-11H2,1-2H3,(H2,22,23)/t15-,18-,20+/m1/s1. The predicted molar refractivity (Wildman–Crippen MR) is 110 cm³/mol. The van der Waals surface area contributed by atoms with E-state index < -0.39 is 0 Å². The van der Waals surface area contributed by atoms with Crippen LogP contribution in [0, 0.1) is 18.8 Å². The van der Waals surface area contributed by atoms with Crippen LogP contribution in [0.3, 0.4) is 0 Å². The molecule has 0 radical (unpaired) electrons. The Kier molecular flexibility index (Phi) is 5.10. The van der Waals surface area contributed by atoms with Crippen molar-refractivity contribution in [3.05, 3.63) is 46.5 Å². The number of amides is 2. The van der Waals surface area contributed by atoms with Gasteiger partial charge in [-0.15, -0.1) is 11.3 Å². The summed E-state index contributed by atoms with van der Waals surface area (Å²) in [4.78, 5) is 33.3. The van der Waals surface area contributed by atoms with Crippen molar-refractivity contribution in [1.29, 1.82) is 0 Å². The van der Waals surface area contributed by atoms with E-state index in [-0.39, 0.29) is 17.9 Å². The molecule has 1 aromatic carbocycles. The van der Waals surface area contributed by atoms with Gasteiger partial charge < -0.3 is 15.5 Å². The van der Waals surface area contributed by atoms with E-state index in [9.17, 15) is 9.59 Å². The number of carbonyl (C=O) groups is 2. The van der Waals surface area contributed by atoms with Crippen LogP contribution in [0.2, 0.25) is 0 Å². The van der Waals surface area contributed by atoms with Crippen molar-refractivity contribution in [3.63, 3.8) is 0 Å². The minimum Gasteiger partial charge on any atom is -0.375 e. The molecule has 0 spiro atoms. The molecule has 2 fully saturated rings. The van der Waals surface area contributed by atoms with E-state index in [4.69, 9.17) is 5.73 Å². The number of nitrogens with two attached hydrogens (primary N) is 1. The van der Waals surface area contributed by atoms with Gasteiger partial charge in [-0.1, -0.05) is 24.3 Å². The molecular formula is C21H26N4O2S. The van der Waals surface area contributed by atoms with Crippen molar-refractivity contribution in [2.45, 2.75) is 32.7 Å². The number of nitrogens with zero attached hydrogens (tertiary/aromatic N) is 3. The molecule has 3 heterocycles. The molecule has 2 saturated heterocycles. The van der Waals surface area contributed by atoms with Gasteiger partial charge in [-0.3, -0.25) is 9.59 Å². The van der Waals surface area contributed by atoms with Crippen molar-refractivity contribution in [1.82, 2.24) is 14.8 Å². The minimum atomic E-state index is 0.0554. The third-order valence-corrected chi connectivity index (χ3v) is 6.82. The zero-order valence-electron chi connectivity index (χ0n) is 16.3. The Morgan fingerprint density at radius 3 is 2.71 bits per heavy atom. The SMILES string of the molecule is CC(=O)N1C[C@H]2CN(C(=O)CCc3csc(N)n3)C[C@H]2[C@@H]1c1ccccc1C. The van der Waals surface area contributed by atoms with Crippen LogP contribution in [0.25, 0.3) is 0 Å². The molecule has 6 nitrogen and oxygen atoms in total. The largest absolute Gasteiger partial charge is 0.375 e. The van der Waals surface area contributed by atoms with Gasteiger partial charge in [-0.05, 0) is 24.5 Å². The molecule has 0 bridgehead atoms. The van der Waals surface area contributed by atoms with E-state index in [0.29, 0.717) is 36.4 Å². The normalized spacial score (nSPS) is 23.9. The number of thiazole rings is 1. The molecular weight excluding hydrogens is 372 g/mol. The zero-order valence-corrected chi connectivity index (χ0v) is 17.1. The minimum absolute atomic E-state index is 0.0554. The topological polar surface area (TPSA) is 79.5 Å². The molecule has 2 amide bonds. The lowest BCUT2D eigenvalue weighted by molar-refractivity contribution is -0.131. The first kappa shape index (κ1) is 18.9. The smallest absolute Gasteiger partial charge is 0.222 e. The molecule has 1 aromatic heterocycles. The van der Waals surface area contributed by atoms with E-state index in [0.717, 1.165) is 18.8 Å². The van der Waals surface area contributed by atoms with Crippen LogP contribution in [0.5, 0.6) is 0 Å². The third kappa shape index (κ3) is 3.51. The lowest BCUT2D eigenvalue weighted by atomic mass is 9.87. The number of aromatic nitrogens is 1. The fraction of sp³-hybridized carbons (Fsp3) is 0.476. The highest BCUT2D eigenvalue weighted by atomic mass is 32.1. The van der Waals surface area contributed by atoms with Crippen LogP contribution in [0.4, 0.5) is 5.13 Å². The molecule has 0 aliphatic carbocycles. The van der Waals surface area contributed by atoms with Crippen LogP contribution >= 0.6 is 11.3 Å². The number of likely N-dealkylation sites (tertiary alicyclic amines) is 2. The quantitative estimate of drug-likeness (QED) is 0.859. The van der Waals surface area contributed by atoms with Gasteiger partial charge in [0.15, 0.2) is 5.13 Å². The number of anilines is 1. The lowest BCUT2D eigenvalue weighted by Gasteiger charge is -2.30. The third-order valence-electron chi connectivity index (χ3n) is 6.09. The molecule has 0 unspecified atom stereocenters. The monoisotopic (exact) mass is 398 g/mol. The highest BCUT2D eigenvalue weighted by Gasteiger charge is 2.49. The number of rotatable bonds is 4. The van der Waals surface area contributed by atoms with Crippen LogP contribution in [0.1, 0.15) is 36.2 Å². The van der Waals surface area contributed by atoms with E-state index in [1.807, 2.05) is 27.3 Å². The second-order valence-electron chi connectivity index (χ2n) is 7.87. The van der Waals surface area contributed by atoms with E-state index in [1.54, 1.807) is 6.92 Å². The number of nitrogen functional groups attached to an aromatic ring is 1. The molecule has 4 rings (SSSR count). The van der Waals surface area contributed by atoms with Gasteiger partial charge in [0.05, 0.1) is 11.7 Å². The molecule has 3 atom stereocenters. The average molecular weight is 399 g/mol. The predicted octanol–water partition coefficient (Wildman–Crippen LogP) is 2.64. The summed E-state index contributed by atoms with van der Waals surface area (Å²) >= 11 is 1.41. The van der Waals surface area contributed by atoms with Gasteiger partial charge >= 0.3 is 0 Å². The summed E-state index contributed by atoms with van der Waals surface area (Å²) in [5, 5.41) is 2.46. The maximum Gasteiger partial charge on any atom is 0.222 e. The Morgan fingerprint density at radius 1 is 1.25 bits per heavy atom. The van der Waals surface area contributed by atoms with Gasteiger partial charge in [0.25, 0.3) is 0 Å². The molecule has 7 heteroatoms. The summed E-state index contributed by atoms with van der Waals surface area (Å²) < 4.78 is 0. The Bertz CT molecular complexity index is 896. The molecule has 0 saturated carbocycles. The van der Waals surface area contributed by atoms with Crippen molar-refractivity contribution in [2.75, 3.05) is 25.4 Å². The zero-order chi connectivity index (χ0) is 19.8. The molecule has 148 valence electrons. The maximum atomic E-state index is 12.8. The average Bonchev–Trinajstić information content (AvgIpc) is 3.34. The molecule has 2 aliphatic rings. The summed E-state index contributed by atoms with van der Waals surface area (Å²) in [6.45, 7) is 5.92. The Hall–Kier alpha value is -2.41. The van der Waals surface area contributed by atoms with E-state index in [1.165, 1.54) is 22.5 Å². The van der Waals surface area contributed by atoms with Gasteiger partial charge in [-0.2, -0.15) is 0 Å². The number of hydrogen-bond donors (Lipinski definition) is 1. The summed E-state index contributed by atoms with van der Waals surface area (Å²) in [6, 6.07) is 8.33. The fourth-order valence-electron chi connectivity index (χ4n) is 4.72. The van der Waals surface area contributed by atoms with Crippen molar-refractivity contribution in [3.8, 4) is 0 Å². The summed E-state index contributed by atoms with van der Waals surface area (Å²) in [5.41, 5.74) is 8.96. The number of hydrogen-bond acceptors (Lipinski definition) is 5. The molecule has 2 N–H and O–H groups in total. The number of fused-ring (bicyclic) bond motifs is 1. The van der Waals surface area contributed by atoms with Gasteiger partial charge in [0.2, 0.25) is 11.8 Å². The molecule has 2 aromatic rings. The van der Waals surface area contributed by atoms with Crippen LogP contribution in [-0.2, 0) is 16.0 Å². The summed E-state index contributed by atoms with van der Waals surface area (Å²) in [5.74, 6) is 0.914. The highest BCUT2D eigenvalue weighted by molar-refractivity contribution is 7.13. The van der Waals surface area contributed by atoms with Gasteiger partial charge in [0, 0.05) is 50.2 Å². The molecule has 2 aliphatic heterocycles. The highest BCUT2D eigenvalue weighted by Crippen LogP contribution is 2.45. The van der Waals surface area contributed by atoms with Crippen molar-refractivity contribution >= 4 is 28.3 Å². The van der Waals surface area contributed by atoms with Gasteiger partial charge in [0.1, 0.15) is 0 Å². The summed E-state index contributed by atoms with van der Waals surface area (Å²) in [6.07, 6.45) is 1.08. The maximum absolute atomic E-state index is 12.8. The number of benzene rings is 1. The molecule has 28 heavy (non-hydrogen) atoms. The van der Waals surface area contributed by atoms with Gasteiger partial charge in [-0.25, -0.2) is 4.98 Å². The summed E-state index contributed by atoms with van der Waals surface area (Å²) in [7, 11) is 0. The Morgan fingerprint density at radius 2 is 2.04 bits per heavy atom. The lowest BCUT2D eigenvalue weighted by Crippen LogP contribution is -2.36. The van der Waals surface area contributed by atoms with Crippen LogP contribution in [0.15, 0.2) is 29.6 Å². The second kappa shape index (κ2) is 7.54. The Labute approximate surface area is 169 Å². The number of aryl methyl sites for hydroxylation is 2. The van der Waals surface area contributed by atoms with Crippen LogP contribution < -0.4 is 5.73 Å². The first-order chi connectivity index (χ1) is 13.4. The van der Waals surface area contributed by atoms with Crippen molar-refractivity contribution in [2.24, 2.45) is 11.8 Å². The van der Waals surface area contributed by atoms with E-state index in [2.05, 4.69) is 24.0 Å².